The fourth-order valence-corrected chi connectivity index (χ4v) is 1.60. The zero-order chi connectivity index (χ0) is 12.3. The van der Waals surface area contributed by atoms with Crippen LogP contribution in [0.5, 0.6) is 0 Å². The van der Waals surface area contributed by atoms with Crippen molar-refractivity contribution >= 4 is 21.9 Å². The zero-order valence-electron chi connectivity index (χ0n) is 9.53. The monoisotopic (exact) mass is 312 g/mol. The van der Waals surface area contributed by atoms with Crippen molar-refractivity contribution in [1.29, 1.82) is 0 Å². The Morgan fingerprint density at radius 3 is 2.71 bits per heavy atom. The number of nitrogens with one attached hydrogen (secondary N) is 1. The van der Waals surface area contributed by atoms with E-state index in [1.807, 2.05) is 0 Å². The molecule has 6 nitrogen and oxygen atoms in total. The second kappa shape index (κ2) is 6.53. The van der Waals surface area contributed by atoms with Crippen molar-refractivity contribution in [3.05, 3.63) is 33.5 Å². The predicted octanol–water partition coefficient (Wildman–Crippen LogP) is -3.07. The molecule has 0 aromatic carbocycles. The Kier molecular flexibility index (Phi) is 6.39. The van der Waals surface area contributed by atoms with Gasteiger partial charge in [-0.25, -0.2) is 0 Å². The van der Waals surface area contributed by atoms with E-state index in [1.54, 1.807) is 19.1 Å². The van der Waals surface area contributed by atoms with E-state index >= 15 is 0 Å². The van der Waals surface area contributed by atoms with Crippen LogP contribution in [-0.4, -0.2) is 21.9 Å². The van der Waals surface area contributed by atoms with Crippen LogP contribution in [0.15, 0.2) is 23.4 Å². The van der Waals surface area contributed by atoms with Crippen LogP contribution in [0.3, 0.4) is 0 Å². The molecule has 8 heteroatoms. The molecule has 1 N–H and O–H groups in total. The number of rotatable bonds is 4. The first-order valence-corrected chi connectivity index (χ1v) is 5.31. The summed E-state index contributed by atoms with van der Waals surface area (Å²) in [5.41, 5.74) is 1.07. The van der Waals surface area contributed by atoms with Gasteiger partial charge in [0.15, 0.2) is 0 Å². The van der Waals surface area contributed by atoms with Gasteiger partial charge in [0.1, 0.15) is 0 Å². The molecule has 0 bridgehead atoms. The van der Waals surface area contributed by atoms with E-state index in [1.165, 1.54) is 0 Å². The first-order chi connectivity index (χ1) is 7.36. The number of alkyl halides is 1. The Morgan fingerprint density at radius 2 is 2.29 bits per heavy atom. The fourth-order valence-electron chi connectivity index (χ4n) is 1.32. The van der Waals surface area contributed by atoms with Crippen LogP contribution in [0.4, 0.5) is 0 Å². The van der Waals surface area contributed by atoms with Gasteiger partial charge in [0.25, 0.3) is 4.45 Å². The third-order valence-corrected chi connectivity index (χ3v) is 3.53. The molecule has 88 valence electrons. The number of halogens is 1. The molecular formula is C9H10BrN2NaO4. The minimum absolute atomic E-state index is 0. The van der Waals surface area contributed by atoms with Gasteiger partial charge in [-0.2, -0.15) is 0 Å². The first-order valence-electron chi connectivity index (χ1n) is 4.52. The Morgan fingerprint density at radius 1 is 1.71 bits per heavy atom. The second-order valence-electron chi connectivity index (χ2n) is 3.43. The van der Waals surface area contributed by atoms with E-state index in [0.717, 1.165) is 0 Å². The number of carbonyl (C=O) groups excluding carboxylic acids is 1. The summed E-state index contributed by atoms with van der Waals surface area (Å²) in [6.45, 7) is 1.30. The van der Waals surface area contributed by atoms with Crippen molar-refractivity contribution in [2.75, 3.05) is 6.54 Å². The minimum Gasteiger partial charge on any atom is -0.548 e. The summed E-state index contributed by atoms with van der Waals surface area (Å²) in [6.07, 6.45) is 3.29. The van der Waals surface area contributed by atoms with Crippen molar-refractivity contribution in [3.63, 3.8) is 0 Å². The molecule has 0 saturated carbocycles. The van der Waals surface area contributed by atoms with E-state index in [-0.39, 0.29) is 42.5 Å². The van der Waals surface area contributed by atoms with Crippen molar-refractivity contribution in [2.24, 2.45) is 0 Å². The number of aliphatic carboxylic acids is 1. The molecule has 0 aromatic rings. The van der Waals surface area contributed by atoms with Crippen molar-refractivity contribution in [3.8, 4) is 0 Å². The average Bonchev–Trinajstić information content (AvgIpc) is 2.19. The van der Waals surface area contributed by atoms with Gasteiger partial charge in [0, 0.05) is 32.1 Å². The van der Waals surface area contributed by atoms with Crippen LogP contribution in [-0.2, 0) is 4.79 Å². The minimum atomic E-state index is -1.28. The maximum atomic E-state index is 10.8. The largest absolute Gasteiger partial charge is 1.00 e. The number of nitro groups is 1. The van der Waals surface area contributed by atoms with Gasteiger partial charge in [-0.1, -0.05) is 6.08 Å². The summed E-state index contributed by atoms with van der Waals surface area (Å²) in [6, 6.07) is 0. The fraction of sp³-hybridized carbons (Fsp3) is 0.444. The Bertz CT molecular complexity index is 396. The smallest absolute Gasteiger partial charge is 0.548 e. The Hall–Kier alpha value is -0.370. The van der Waals surface area contributed by atoms with E-state index < -0.39 is 15.3 Å². The van der Waals surface area contributed by atoms with Gasteiger partial charge in [-0.3, -0.25) is 10.1 Å². The number of carboxylic acid groups (broad SMARTS) is 1. The molecule has 1 aliphatic rings. The standard InChI is InChI=1S/C9H11BrN2O4.Na/c1-6-4-7(11-5-8(13)14)2-3-9(6,10)12(15)16;/h2,4,11H,3,5H2,1H3,(H,13,14);/q;+1/p-1. The van der Waals surface area contributed by atoms with Gasteiger partial charge in [-0.05, 0) is 13.0 Å². The van der Waals surface area contributed by atoms with Gasteiger partial charge < -0.3 is 15.2 Å². The van der Waals surface area contributed by atoms with Crippen LogP contribution in [0.25, 0.3) is 0 Å². The SMILES string of the molecule is CC1=CC(NCC(=O)[O-])=CCC1(Br)[N+](=O)[O-].[Na+]. The van der Waals surface area contributed by atoms with E-state index in [4.69, 9.17) is 0 Å². The molecule has 0 amide bonds. The molecule has 1 unspecified atom stereocenters. The molecule has 1 aliphatic carbocycles. The molecule has 0 spiro atoms. The summed E-state index contributed by atoms with van der Waals surface area (Å²) in [4.78, 5) is 20.6. The Balaban J connectivity index is 0.00000256. The number of allylic oxidation sites excluding steroid dienone is 1. The summed E-state index contributed by atoms with van der Waals surface area (Å²) < 4.78 is -1.28. The third-order valence-electron chi connectivity index (χ3n) is 2.29. The molecule has 0 heterocycles. The molecule has 0 fully saturated rings. The Labute approximate surface area is 129 Å². The summed E-state index contributed by atoms with van der Waals surface area (Å²) >= 11 is 3.06. The maximum Gasteiger partial charge on any atom is 1.00 e. The predicted molar refractivity (Wildman–Crippen MR) is 58.1 cm³/mol. The normalized spacial score (nSPS) is 22.9. The first kappa shape index (κ1) is 16.6. The van der Waals surface area contributed by atoms with Gasteiger partial charge in [0.2, 0.25) is 0 Å². The van der Waals surface area contributed by atoms with Crippen molar-refractivity contribution in [2.45, 2.75) is 17.8 Å². The molecule has 0 radical (unpaired) electrons. The van der Waals surface area contributed by atoms with Gasteiger partial charge >= 0.3 is 29.6 Å². The van der Waals surface area contributed by atoms with Crippen LogP contribution in [0, 0.1) is 10.1 Å². The van der Waals surface area contributed by atoms with Gasteiger partial charge in [-0.15, -0.1) is 0 Å². The zero-order valence-corrected chi connectivity index (χ0v) is 13.1. The summed E-state index contributed by atoms with van der Waals surface area (Å²) in [5, 5.41) is 23.7. The van der Waals surface area contributed by atoms with E-state index in [0.29, 0.717) is 11.3 Å². The average molecular weight is 313 g/mol. The molecule has 1 atom stereocenters. The molecular weight excluding hydrogens is 303 g/mol. The van der Waals surface area contributed by atoms with Gasteiger partial charge in [0.05, 0.1) is 18.9 Å². The molecule has 0 aromatic heterocycles. The van der Waals surface area contributed by atoms with Crippen LogP contribution in [0.2, 0.25) is 0 Å². The van der Waals surface area contributed by atoms with Crippen LogP contribution in [0.1, 0.15) is 13.3 Å². The maximum absolute atomic E-state index is 10.8. The number of nitrogens with zero attached hydrogens (tertiary/aromatic N) is 1. The summed E-state index contributed by atoms with van der Waals surface area (Å²) in [5.74, 6) is -1.23. The van der Waals surface area contributed by atoms with Crippen LogP contribution < -0.4 is 40.0 Å². The number of hydrogen-bond donors (Lipinski definition) is 1. The quantitative estimate of drug-likeness (QED) is 0.195. The van der Waals surface area contributed by atoms with Crippen LogP contribution >= 0.6 is 15.9 Å². The third kappa shape index (κ3) is 4.09. The molecule has 1 rings (SSSR count). The molecule has 17 heavy (non-hydrogen) atoms. The van der Waals surface area contributed by atoms with Crippen molar-refractivity contribution in [1.82, 2.24) is 5.32 Å². The number of hydrogen-bond acceptors (Lipinski definition) is 5. The summed E-state index contributed by atoms with van der Waals surface area (Å²) in [7, 11) is 0. The number of carboxylic acids is 1. The second-order valence-corrected chi connectivity index (χ2v) is 4.74. The number of carbonyl (C=O) groups is 1. The molecule has 0 saturated heterocycles. The molecule has 0 aliphatic heterocycles. The van der Waals surface area contributed by atoms with E-state index in [9.17, 15) is 20.0 Å². The van der Waals surface area contributed by atoms with E-state index in [2.05, 4.69) is 21.2 Å². The topological polar surface area (TPSA) is 95.3 Å². The van der Waals surface area contributed by atoms with Crippen molar-refractivity contribution < 1.29 is 44.4 Å².